The lowest BCUT2D eigenvalue weighted by Crippen LogP contribution is -2.41. The molecule has 0 bridgehead atoms. The van der Waals surface area contributed by atoms with Gasteiger partial charge in [0.05, 0.1) is 18.2 Å². The Morgan fingerprint density at radius 2 is 2.20 bits per heavy atom. The van der Waals surface area contributed by atoms with Crippen LogP contribution >= 0.6 is 0 Å². The van der Waals surface area contributed by atoms with Gasteiger partial charge in [-0.2, -0.15) is 0 Å². The molecule has 0 saturated heterocycles. The van der Waals surface area contributed by atoms with Crippen molar-refractivity contribution in [2.75, 3.05) is 25.6 Å². The smallest absolute Gasteiger partial charge is 0.255 e. The van der Waals surface area contributed by atoms with Crippen LogP contribution in [0.15, 0.2) is 18.3 Å². The summed E-state index contributed by atoms with van der Waals surface area (Å²) in [5.41, 5.74) is 0.572. The van der Waals surface area contributed by atoms with Crippen LogP contribution in [-0.2, 0) is 4.74 Å². The maximum absolute atomic E-state index is 12.4. The van der Waals surface area contributed by atoms with Gasteiger partial charge in [0.2, 0.25) is 0 Å². The highest BCUT2D eigenvalue weighted by atomic mass is 16.5. The second-order valence-electron chi connectivity index (χ2n) is 5.11. The molecule has 0 aliphatic rings. The number of ether oxygens (including phenoxy) is 1. The Balaban J connectivity index is 2.80. The van der Waals surface area contributed by atoms with Gasteiger partial charge in [-0.25, -0.2) is 4.98 Å². The number of rotatable bonds is 8. The third kappa shape index (κ3) is 4.81. The first-order chi connectivity index (χ1) is 9.60. The highest BCUT2D eigenvalue weighted by Crippen LogP contribution is 2.12. The molecule has 0 radical (unpaired) electrons. The second kappa shape index (κ2) is 8.53. The van der Waals surface area contributed by atoms with Crippen LogP contribution in [0.1, 0.15) is 37.6 Å². The first-order valence-electron chi connectivity index (χ1n) is 7.08. The van der Waals surface area contributed by atoms with Crippen LogP contribution in [0.3, 0.4) is 0 Å². The third-order valence-electron chi connectivity index (χ3n) is 3.06. The van der Waals surface area contributed by atoms with Crippen LogP contribution in [0.5, 0.6) is 0 Å². The minimum Gasteiger partial charge on any atom is -0.383 e. The fourth-order valence-corrected chi connectivity index (χ4v) is 1.80. The van der Waals surface area contributed by atoms with Crippen molar-refractivity contribution in [1.82, 2.24) is 10.3 Å². The highest BCUT2D eigenvalue weighted by molar-refractivity contribution is 5.98. The zero-order chi connectivity index (χ0) is 15.0. The van der Waals surface area contributed by atoms with Gasteiger partial charge in [0.25, 0.3) is 5.91 Å². The van der Waals surface area contributed by atoms with E-state index in [1.165, 1.54) is 0 Å². The Hall–Kier alpha value is -1.62. The first kappa shape index (κ1) is 16.4. The van der Waals surface area contributed by atoms with Gasteiger partial charge in [-0.1, -0.05) is 20.8 Å². The summed E-state index contributed by atoms with van der Waals surface area (Å²) in [6.07, 6.45) is 2.67. The molecule has 112 valence electrons. The Labute approximate surface area is 121 Å². The number of hydrogen-bond donors (Lipinski definition) is 2. The number of amides is 1. The third-order valence-corrected chi connectivity index (χ3v) is 3.06. The summed E-state index contributed by atoms with van der Waals surface area (Å²) >= 11 is 0. The van der Waals surface area contributed by atoms with E-state index in [2.05, 4.69) is 36.4 Å². The number of carbonyl (C=O) groups excluding carboxylic acids is 1. The largest absolute Gasteiger partial charge is 0.383 e. The monoisotopic (exact) mass is 279 g/mol. The van der Waals surface area contributed by atoms with E-state index < -0.39 is 0 Å². The fourth-order valence-electron chi connectivity index (χ4n) is 1.80. The maximum atomic E-state index is 12.4. The van der Waals surface area contributed by atoms with Crippen molar-refractivity contribution in [2.45, 2.75) is 33.2 Å². The molecule has 1 aromatic heterocycles. The molecule has 5 nitrogen and oxygen atoms in total. The van der Waals surface area contributed by atoms with Crippen molar-refractivity contribution in [2.24, 2.45) is 5.92 Å². The quantitative estimate of drug-likeness (QED) is 0.766. The van der Waals surface area contributed by atoms with Crippen LogP contribution in [-0.4, -0.2) is 37.2 Å². The number of nitrogens with one attached hydrogen (secondary N) is 2. The molecule has 1 atom stereocenters. The summed E-state index contributed by atoms with van der Waals surface area (Å²) in [6, 6.07) is 3.55. The van der Waals surface area contributed by atoms with E-state index in [4.69, 9.17) is 4.74 Å². The van der Waals surface area contributed by atoms with Crippen LogP contribution in [0.4, 0.5) is 5.82 Å². The predicted octanol–water partition coefficient (Wildman–Crippen LogP) is 2.30. The van der Waals surface area contributed by atoms with Crippen molar-refractivity contribution in [3.8, 4) is 0 Å². The van der Waals surface area contributed by atoms with Crippen LogP contribution in [0.25, 0.3) is 0 Å². The molecular formula is C15H25N3O2. The summed E-state index contributed by atoms with van der Waals surface area (Å²) in [4.78, 5) is 16.6. The van der Waals surface area contributed by atoms with Gasteiger partial charge < -0.3 is 15.4 Å². The Bertz CT molecular complexity index is 421. The summed E-state index contributed by atoms with van der Waals surface area (Å²) in [6.45, 7) is 7.49. The molecule has 0 aliphatic heterocycles. The summed E-state index contributed by atoms with van der Waals surface area (Å²) in [7, 11) is 1.64. The Morgan fingerprint density at radius 3 is 2.80 bits per heavy atom. The van der Waals surface area contributed by atoms with Crippen LogP contribution in [0, 0.1) is 5.92 Å². The number of pyridine rings is 1. The molecule has 0 aromatic carbocycles. The molecule has 1 rings (SSSR count). The number of anilines is 1. The van der Waals surface area contributed by atoms with Gasteiger partial charge in [-0.3, -0.25) is 4.79 Å². The van der Waals surface area contributed by atoms with E-state index >= 15 is 0 Å². The summed E-state index contributed by atoms with van der Waals surface area (Å²) in [5.74, 6) is 0.821. The van der Waals surface area contributed by atoms with Crippen molar-refractivity contribution >= 4 is 11.7 Å². The fraction of sp³-hybridized carbons (Fsp3) is 0.600. The second-order valence-corrected chi connectivity index (χ2v) is 5.11. The molecule has 2 N–H and O–H groups in total. The van der Waals surface area contributed by atoms with E-state index in [0.717, 1.165) is 13.0 Å². The maximum Gasteiger partial charge on any atom is 0.255 e. The van der Waals surface area contributed by atoms with E-state index in [9.17, 15) is 4.79 Å². The van der Waals surface area contributed by atoms with Gasteiger partial charge in [0.1, 0.15) is 5.82 Å². The lowest BCUT2D eigenvalue weighted by atomic mass is 10.0. The zero-order valence-corrected chi connectivity index (χ0v) is 12.8. The SMILES string of the molecule is CCCNc1ncccc1C(=O)NC(COC)C(C)C. The van der Waals surface area contributed by atoms with E-state index in [1.54, 1.807) is 25.4 Å². The van der Waals surface area contributed by atoms with Crippen molar-refractivity contribution in [1.29, 1.82) is 0 Å². The van der Waals surface area contributed by atoms with Crippen molar-refractivity contribution < 1.29 is 9.53 Å². The van der Waals surface area contributed by atoms with E-state index in [1.807, 2.05) is 0 Å². The first-order valence-corrected chi connectivity index (χ1v) is 7.08. The predicted molar refractivity (Wildman–Crippen MR) is 81.0 cm³/mol. The standard InChI is InChI=1S/C15H25N3O2/c1-5-8-16-14-12(7-6-9-17-14)15(19)18-13(10-20-4)11(2)3/h6-7,9,11,13H,5,8,10H2,1-4H3,(H,16,17)(H,18,19). The van der Waals surface area contributed by atoms with E-state index in [0.29, 0.717) is 23.9 Å². The zero-order valence-electron chi connectivity index (χ0n) is 12.8. The minimum absolute atomic E-state index is 0.00766. The Kier molecular flexibility index (Phi) is 7.01. The molecule has 0 aliphatic carbocycles. The number of aromatic nitrogens is 1. The lowest BCUT2D eigenvalue weighted by molar-refractivity contribution is 0.0867. The average Bonchev–Trinajstić information content (AvgIpc) is 2.44. The van der Waals surface area contributed by atoms with Gasteiger partial charge in [-0.05, 0) is 24.5 Å². The average molecular weight is 279 g/mol. The molecule has 0 saturated carbocycles. The molecule has 0 fully saturated rings. The molecule has 1 heterocycles. The molecule has 1 aromatic rings. The summed E-state index contributed by atoms with van der Waals surface area (Å²) in [5, 5.41) is 6.18. The normalized spacial score (nSPS) is 12.2. The molecule has 5 heteroatoms. The number of carbonyl (C=O) groups is 1. The van der Waals surface area contributed by atoms with E-state index in [-0.39, 0.29) is 11.9 Å². The lowest BCUT2D eigenvalue weighted by Gasteiger charge is -2.22. The number of hydrogen-bond acceptors (Lipinski definition) is 4. The molecule has 0 spiro atoms. The molecular weight excluding hydrogens is 254 g/mol. The number of nitrogens with zero attached hydrogens (tertiary/aromatic N) is 1. The highest BCUT2D eigenvalue weighted by Gasteiger charge is 2.19. The van der Waals surface area contributed by atoms with Crippen LogP contribution < -0.4 is 10.6 Å². The minimum atomic E-state index is -0.118. The topological polar surface area (TPSA) is 63.2 Å². The van der Waals surface area contributed by atoms with Gasteiger partial charge in [0, 0.05) is 19.9 Å². The number of methoxy groups -OCH3 is 1. The summed E-state index contributed by atoms with van der Waals surface area (Å²) < 4.78 is 5.15. The van der Waals surface area contributed by atoms with Gasteiger partial charge >= 0.3 is 0 Å². The van der Waals surface area contributed by atoms with Gasteiger partial charge in [-0.15, -0.1) is 0 Å². The van der Waals surface area contributed by atoms with Gasteiger partial charge in [0.15, 0.2) is 0 Å². The Morgan fingerprint density at radius 1 is 1.45 bits per heavy atom. The van der Waals surface area contributed by atoms with Crippen molar-refractivity contribution in [3.05, 3.63) is 23.9 Å². The molecule has 1 unspecified atom stereocenters. The van der Waals surface area contributed by atoms with Crippen LogP contribution in [0.2, 0.25) is 0 Å². The molecule has 20 heavy (non-hydrogen) atoms. The molecule has 1 amide bonds. The van der Waals surface area contributed by atoms with Crippen molar-refractivity contribution in [3.63, 3.8) is 0 Å².